The Morgan fingerprint density at radius 2 is 1.76 bits per heavy atom. The van der Waals surface area contributed by atoms with Gasteiger partial charge in [-0.1, -0.05) is 36.8 Å². The molecule has 4 heteroatoms. The molecule has 3 aromatic rings. The fourth-order valence-electron chi connectivity index (χ4n) is 2.15. The molecule has 1 heterocycles. The monoisotopic (exact) mass is 298 g/mol. The maximum atomic E-state index is 13.3. The predicted molar refractivity (Wildman–Crippen MR) is 86.1 cm³/mol. The van der Waals surface area contributed by atoms with Crippen molar-refractivity contribution in [1.82, 2.24) is 9.97 Å². The summed E-state index contributed by atoms with van der Waals surface area (Å²) in [4.78, 5) is 9.27. The molecule has 2 aromatic carbocycles. The van der Waals surface area contributed by atoms with Crippen molar-refractivity contribution in [2.75, 3.05) is 5.75 Å². The Balaban J connectivity index is 2.21. The topological polar surface area (TPSA) is 25.8 Å². The molecular formula is C17H15FN2S. The van der Waals surface area contributed by atoms with Gasteiger partial charge in [-0.3, -0.25) is 0 Å². The molecule has 0 radical (unpaired) electrons. The Labute approximate surface area is 127 Å². The summed E-state index contributed by atoms with van der Waals surface area (Å²) in [6, 6.07) is 12.8. The van der Waals surface area contributed by atoms with Crippen LogP contribution in [0.1, 0.15) is 12.5 Å². The van der Waals surface area contributed by atoms with E-state index in [1.54, 1.807) is 17.8 Å². The Morgan fingerprint density at radius 1 is 1.00 bits per heavy atom. The van der Waals surface area contributed by atoms with E-state index in [0.717, 1.165) is 22.0 Å². The van der Waals surface area contributed by atoms with E-state index in [0.29, 0.717) is 11.0 Å². The van der Waals surface area contributed by atoms with Gasteiger partial charge in [-0.2, -0.15) is 0 Å². The third-order valence-electron chi connectivity index (χ3n) is 3.20. The molecule has 0 saturated heterocycles. The number of aryl methyl sites for hydroxylation is 1. The molecule has 3 rings (SSSR count). The highest BCUT2D eigenvalue weighted by Gasteiger charge is 2.11. The highest BCUT2D eigenvalue weighted by atomic mass is 32.2. The zero-order valence-electron chi connectivity index (χ0n) is 11.9. The molecule has 0 unspecified atom stereocenters. The molecule has 106 valence electrons. The molecule has 0 N–H and O–H groups in total. The van der Waals surface area contributed by atoms with Gasteiger partial charge < -0.3 is 0 Å². The molecule has 1 aromatic heterocycles. The molecule has 0 saturated carbocycles. The van der Waals surface area contributed by atoms with Crippen LogP contribution in [0.15, 0.2) is 47.5 Å². The van der Waals surface area contributed by atoms with E-state index in [2.05, 4.69) is 48.1 Å². The average molecular weight is 298 g/mol. The minimum Gasteiger partial charge on any atom is -0.243 e. The summed E-state index contributed by atoms with van der Waals surface area (Å²) in [5.41, 5.74) is 4.42. The first-order chi connectivity index (χ1) is 10.2. The summed E-state index contributed by atoms with van der Waals surface area (Å²) in [6.07, 6.45) is 0. The van der Waals surface area contributed by atoms with Crippen molar-refractivity contribution in [2.24, 2.45) is 0 Å². The summed E-state index contributed by atoms with van der Waals surface area (Å²) < 4.78 is 13.3. The highest BCUT2D eigenvalue weighted by Crippen LogP contribution is 2.30. The molecule has 0 amide bonds. The van der Waals surface area contributed by atoms with Gasteiger partial charge in [-0.25, -0.2) is 14.4 Å². The zero-order valence-corrected chi connectivity index (χ0v) is 12.7. The van der Waals surface area contributed by atoms with E-state index in [-0.39, 0.29) is 5.82 Å². The Hall–Kier alpha value is -1.94. The van der Waals surface area contributed by atoms with Crippen molar-refractivity contribution in [3.05, 3.63) is 53.8 Å². The second-order valence-corrected chi connectivity index (χ2v) is 6.06. The number of hydrogen-bond acceptors (Lipinski definition) is 3. The Kier molecular flexibility index (Phi) is 3.88. The van der Waals surface area contributed by atoms with Crippen molar-refractivity contribution >= 4 is 22.8 Å². The summed E-state index contributed by atoms with van der Waals surface area (Å²) in [5.74, 6) is 0.612. The summed E-state index contributed by atoms with van der Waals surface area (Å²) >= 11 is 1.63. The minimum atomic E-state index is -0.285. The van der Waals surface area contributed by atoms with Crippen molar-refractivity contribution in [3.63, 3.8) is 0 Å². The van der Waals surface area contributed by atoms with E-state index in [1.165, 1.54) is 17.7 Å². The first-order valence-corrected chi connectivity index (χ1v) is 7.83. The van der Waals surface area contributed by atoms with Gasteiger partial charge in [0.15, 0.2) is 0 Å². The summed E-state index contributed by atoms with van der Waals surface area (Å²) in [7, 11) is 0. The quantitative estimate of drug-likeness (QED) is 0.646. The largest absolute Gasteiger partial charge is 0.243 e. The van der Waals surface area contributed by atoms with Crippen molar-refractivity contribution in [3.8, 4) is 11.3 Å². The van der Waals surface area contributed by atoms with Crippen LogP contribution in [0.2, 0.25) is 0 Å². The Bertz CT molecular complexity index is 785. The van der Waals surface area contributed by atoms with E-state index < -0.39 is 0 Å². The lowest BCUT2D eigenvalue weighted by atomic mass is 10.1. The van der Waals surface area contributed by atoms with Crippen LogP contribution in [0.5, 0.6) is 0 Å². The second kappa shape index (κ2) is 5.82. The van der Waals surface area contributed by atoms with Crippen molar-refractivity contribution < 1.29 is 4.39 Å². The lowest BCUT2D eigenvalue weighted by Crippen LogP contribution is -1.95. The molecule has 2 nitrogen and oxygen atoms in total. The zero-order chi connectivity index (χ0) is 14.8. The summed E-state index contributed by atoms with van der Waals surface area (Å²) in [6.45, 7) is 4.13. The van der Waals surface area contributed by atoms with Crippen LogP contribution in [0.3, 0.4) is 0 Å². The van der Waals surface area contributed by atoms with E-state index in [9.17, 15) is 4.39 Å². The van der Waals surface area contributed by atoms with Crippen LogP contribution in [0, 0.1) is 12.7 Å². The number of halogens is 1. The van der Waals surface area contributed by atoms with Crippen LogP contribution in [0.25, 0.3) is 22.3 Å². The van der Waals surface area contributed by atoms with Gasteiger partial charge in [0.05, 0.1) is 11.0 Å². The van der Waals surface area contributed by atoms with Gasteiger partial charge in [-0.15, -0.1) is 11.8 Å². The molecule has 0 fully saturated rings. The molecule has 0 spiro atoms. The third kappa shape index (κ3) is 2.90. The molecular weight excluding hydrogens is 283 g/mol. The average Bonchev–Trinajstić information content (AvgIpc) is 2.48. The number of thioether (sulfide) groups is 1. The van der Waals surface area contributed by atoms with Crippen LogP contribution < -0.4 is 0 Å². The number of hydrogen-bond donors (Lipinski definition) is 0. The van der Waals surface area contributed by atoms with Gasteiger partial charge in [0.2, 0.25) is 0 Å². The third-order valence-corrected chi connectivity index (χ3v) is 4.05. The van der Waals surface area contributed by atoms with E-state index >= 15 is 0 Å². The predicted octanol–water partition coefficient (Wildman–Crippen LogP) is 4.86. The van der Waals surface area contributed by atoms with Crippen LogP contribution in [-0.2, 0) is 0 Å². The van der Waals surface area contributed by atoms with E-state index in [4.69, 9.17) is 0 Å². The minimum absolute atomic E-state index is 0.285. The molecule has 0 atom stereocenters. The van der Waals surface area contributed by atoms with Crippen molar-refractivity contribution in [1.29, 1.82) is 0 Å². The SMILES string of the molecule is CCSc1nc2cc(F)ccc2nc1-c1ccc(C)cc1. The molecule has 0 aliphatic rings. The van der Waals surface area contributed by atoms with Crippen LogP contribution >= 0.6 is 11.8 Å². The van der Waals surface area contributed by atoms with Crippen LogP contribution in [-0.4, -0.2) is 15.7 Å². The molecule has 0 aliphatic heterocycles. The lowest BCUT2D eigenvalue weighted by molar-refractivity contribution is 0.629. The van der Waals surface area contributed by atoms with Gasteiger partial charge in [0.1, 0.15) is 16.5 Å². The normalized spacial score (nSPS) is 11.0. The van der Waals surface area contributed by atoms with Crippen LogP contribution in [0.4, 0.5) is 4.39 Å². The second-order valence-electron chi connectivity index (χ2n) is 4.81. The fourth-order valence-corrected chi connectivity index (χ4v) is 2.88. The lowest BCUT2D eigenvalue weighted by Gasteiger charge is -2.09. The Morgan fingerprint density at radius 3 is 2.48 bits per heavy atom. The first kappa shape index (κ1) is 14.0. The van der Waals surface area contributed by atoms with Gasteiger partial charge >= 0.3 is 0 Å². The standard InChI is InChI=1S/C17H15FN2S/c1-3-21-17-16(12-6-4-11(2)5-7-12)19-14-9-8-13(18)10-15(14)20-17/h4-10H,3H2,1-2H3. The molecule has 0 bridgehead atoms. The summed E-state index contributed by atoms with van der Waals surface area (Å²) in [5, 5.41) is 0.847. The fraction of sp³-hybridized carbons (Fsp3) is 0.176. The molecule has 0 aliphatic carbocycles. The van der Waals surface area contributed by atoms with Gasteiger partial charge in [0, 0.05) is 11.6 Å². The number of fused-ring (bicyclic) bond motifs is 1. The van der Waals surface area contributed by atoms with Crippen molar-refractivity contribution in [2.45, 2.75) is 18.9 Å². The number of aromatic nitrogens is 2. The number of benzene rings is 2. The van der Waals surface area contributed by atoms with Gasteiger partial charge in [-0.05, 0) is 24.8 Å². The highest BCUT2D eigenvalue weighted by molar-refractivity contribution is 7.99. The maximum Gasteiger partial charge on any atom is 0.125 e. The first-order valence-electron chi connectivity index (χ1n) is 6.84. The molecule has 21 heavy (non-hydrogen) atoms. The maximum absolute atomic E-state index is 13.3. The van der Waals surface area contributed by atoms with E-state index in [1.807, 2.05) is 0 Å². The van der Waals surface area contributed by atoms with Gasteiger partial charge in [0.25, 0.3) is 0 Å². The number of rotatable bonds is 3. The smallest absolute Gasteiger partial charge is 0.125 e. The number of nitrogens with zero attached hydrogens (tertiary/aromatic N) is 2.